The van der Waals surface area contributed by atoms with Crippen LogP contribution in [0.4, 0.5) is 23.5 Å². The van der Waals surface area contributed by atoms with Gasteiger partial charge in [-0.15, -0.1) is 0 Å². The molecule has 2 aromatic heterocycles. The number of hydrazone groups is 1. The maximum Gasteiger partial charge on any atom is 0.433 e. The molecule has 0 aliphatic heterocycles. The highest BCUT2D eigenvalue weighted by molar-refractivity contribution is 5.81. The van der Waals surface area contributed by atoms with Crippen LogP contribution in [-0.4, -0.2) is 26.0 Å². The predicted octanol–water partition coefficient (Wildman–Crippen LogP) is 3.79. The lowest BCUT2D eigenvalue weighted by molar-refractivity contribution is -0.141. The molecule has 0 saturated carbocycles. The maximum atomic E-state index is 13.9. The minimum atomic E-state index is -4.65. The van der Waals surface area contributed by atoms with E-state index in [1.54, 1.807) is 37.3 Å². The summed E-state index contributed by atoms with van der Waals surface area (Å²) in [6.07, 6.45) is -3.54. The van der Waals surface area contributed by atoms with Gasteiger partial charge in [0.15, 0.2) is 5.69 Å². The smallest absolute Gasteiger partial charge is 0.245 e. The molecule has 0 saturated heterocycles. The van der Waals surface area contributed by atoms with Gasteiger partial charge in [-0.25, -0.2) is 20.1 Å². The lowest BCUT2D eigenvalue weighted by Gasteiger charge is -2.10. The van der Waals surface area contributed by atoms with Crippen molar-refractivity contribution < 1.29 is 17.6 Å². The van der Waals surface area contributed by atoms with Crippen LogP contribution in [-0.2, 0) is 13.2 Å². The largest absolute Gasteiger partial charge is 0.433 e. The van der Waals surface area contributed by atoms with Gasteiger partial charge in [-0.1, -0.05) is 30.3 Å². The Kier molecular flexibility index (Phi) is 4.89. The molecule has 0 unspecified atom stereocenters. The number of hydrogen-bond acceptors (Lipinski definition) is 5. The second-order valence-electron chi connectivity index (χ2n) is 5.61. The summed E-state index contributed by atoms with van der Waals surface area (Å²) in [4.78, 5) is 7.48. The van der Waals surface area contributed by atoms with E-state index in [4.69, 9.17) is 0 Å². The summed E-state index contributed by atoms with van der Waals surface area (Å²) in [5.74, 6) is -0.977. The molecule has 3 rings (SSSR count). The molecule has 10 heteroatoms. The molecule has 6 nitrogen and oxygen atoms in total. The second kappa shape index (κ2) is 7.14. The van der Waals surface area contributed by atoms with Crippen LogP contribution >= 0.6 is 0 Å². The van der Waals surface area contributed by atoms with Gasteiger partial charge in [0.05, 0.1) is 23.2 Å². The Labute approximate surface area is 151 Å². The molecule has 0 spiro atoms. The van der Waals surface area contributed by atoms with Gasteiger partial charge >= 0.3 is 6.18 Å². The molecule has 140 valence electrons. The van der Waals surface area contributed by atoms with Gasteiger partial charge in [0.2, 0.25) is 11.9 Å². The number of nitrogens with zero attached hydrogens (tertiary/aromatic N) is 5. The molecular weight excluding hydrogens is 364 g/mol. The normalized spacial score (nSPS) is 11.9. The van der Waals surface area contributed by atoms with Crippen molar-refractivity contribution in [2.45, 2.75) is 13.1 Å². The lowest BCUT2D eigenvalue weighted by Crippen LogP contribution is -2.11. The van der Waals surface area contributed by atoms with Gasteiger partial charge in [-0.2, -0.15) is 27.8 Å². The highest BCUT2D eigenvalue weighted by Gasteiger charge is 2.33. The standard InChI is InChI=1S/C17H14F4N6/c1-10-12(15(18)27(2)26-10)9-22-25-16-23-13(11-6-4-3-5-7-11)8-14(24-16)17(19,20)21/h3-9H,1-2H3,(H,23,24,25). The number of halogens is 4. The van der Waals surface area contributed by atoms with E-state index in [0.29, 0.717) is 11.3 Å². The first-order valence-corrected chi connectivity index (χ1v) is 7.75. The van der Waals surface area contributed by atoms with E-state index >= 15 is 0 Å². The third kappa shape index (κ3) is 4.10. The summed E-state index contributed by atoms with van der Waals surface area (Å²) in [6.45, 7) is 1.58. The number of benzene rings is 1. The third-order valence-corrected chi connectivity index (χ3v) is 3.64. The molecule has 1 N–H and O–H groups in total. The van der Waals surface area contributed by atoms with E-state index < -0.39 is 17.8 Å². The van der Waals surface area contributed by atoms with Crippen LogP contribution in [0.25, 0.3) is 11.3 Å². The van der Waals surface area contributed by atoms with Crippen LogP contribution in [0.5, 0.6) is 0 Å². The summed E-state index contributed by atoms with van der Waals surface area (Å²) in [5, 5.41) is 7.62. The number of alkyl halides is 3. The molecule has 3 aromatic rings. The average Bonchev–Trinajstić information content (AvgIpc) is 2.87. The Bertz CT molecular complexity index is 979. The lowest BCUT2D eigenvalue weighted by atomic mass is 10.1. The van der Waals surface area contributed by atoms with Gasteiger partial charge in [0.25, 0.3) is 0 Å². The molecule has 0 aliphatic rings. The van der Waals surface area contributed by atoms with Crippen LogP contribution in [0.15, 0.2) is 41.5 Å². The molecule has 1 aromatic carbocycles. The quantitative estimate of drug-likeness (QED) is 0.426. The fourth-order valence-corrected chi connectivity index (χ4v) is 2.35. The molecule has 0 amide bonds. The van der Waals surface area contributed by atoms with Crippen LogP contribution in [0, 0.1) is 12.9 Å². The van der Waals surface area contributed by atoms with Crippen molar-refractivity contribution in [3.63, 3.8) is 0 Å². The van der Waals surface area contributed by atoms with E-state index in [9.17, 15) is 17.6 Å². The molecular formula is C17H14F4N6. The Balaban J connectivity index is 1.94. The van der Waals surface area contributed by atoms with Crippen molar-refractivity contribution in [3.8, 4) is 11.3 Å². The Morgan fingerprint density at radius 2 is 1.85 bits per heavy atom. The van der Waals surface area contributed by atoms with E-state index in [-0.39, 0.29) is 17.2 Å². The zero-order chi connectivity index (χ0) is 19.6. The summed E-state index contributed by atoms with van der Waals surface area (Å²) in [5.41, 5.74) is 2.28. The van der Waals surface area contributed by atoms with Crippen molar-refractivity contribution in [2.24, 2.45) is 12.1 Å². The SMILES string of the molecule is Cc1nn(C)c(F)c1C=NNc1nc(-c2ccccc2)cc(C(F)(F)F)n1. The monoisotopic (exact) mass is 378 g/mol. The number of nitrogens with one attached hydrogen (secondary N) is 1. The predicted molar refractivity (Wildman–Crippen MR) is 91.6 cm³/mol. The summed E-state index contributed by atoms with van der Waals surface area (Å²) in [6, 6.07) is 9.22. The van der Waals surface area contributed by atoms with Crippen molar-refractivity contribution in [1.29, 1.82) is 0 Å². The first-order valence-electron chi connectivity index (χ1n) is 7.75. The Hall–Kier alpha value is -3.30. The Morgan fingerprint density at radius 1 is 1.15 bits per heavy atom. The molecule has 0 fully saturated rings. The summed E-state index contributed by atoms with van der Waals surface area (Å²) in [7, 11) is 1.43. The maximum absolute atomic E-state index is 13.9. The van der Waals surface area contributed by atoms with E-state index in [1.807, 2.05) is 0 Å². The highest BCUT2D eigenvalue weighted by atomic mass is 19.4. The first-order chi connectivity index (χ1) is 12.8. The minimum absolute atomic E-state index is 0.0827. The molecule has 0 bridgehead atoms. The first kappa shape index (κ1) is 18.5. The van der Waals surface area contributed by atoms with Crippen molar-refractivity contribution in [2.75, 3.05) is 5.43 Å². The topological polar surface area (TPSA) is 68.0 Å². The van der Waals surface area contributed by atoms with Crippen molar-refractivity contribution in [3.05, 3.63) is 59.3 Å². The minimum Gasteiger partial charge on any atom is -0.245 e. The van der Waals surface area contributed by atoms with Crippen LogP contribution in [0.3, 0.4) is 0 Å². The van der Waals surface area contributed by atoms with E-state index in [1.165, 1.54) is 7.05 Å². The third-order valence-electron chi connectivity index (χ3n) is 3.64. The van der Waals surface area contributed by atoms with Crippen LogP contribution in [0.1, 0.15) is 17.0 Å². The fraction of sp³-hybridized carbons (Fsp3) is 0.176. The molecule has 27 heavy (non-hydrogen) atoms. The fourth-order valence-electron chi connectivity index (χ4n) is 2.35. The average molecular weight is 378 g/mol. The number of aromatic nitrogens is 4. The number of rotatable bonds is 4. The van der Waals surface area contributed by atoms with Crippen molar-refractivity contribution >= 4 is 12.2 Å². The summed E-state index contributed by atoms with van der Waals surface area (Å²) < 4.78 is 54.3. The van der Waals surface area contributed by atoms with Gasteiger partial charge in [0.1, 0.15) is 0 Å². The zero-order valence-corrected chi connectivity index (χ0v) is 14.3. The van der Waals surface area contributed by atoms with Gasteiger partial charge in [-0.3, -0.25) is 0 Å². The van der Waals surface area contributed by atoms with Gasteiger partial charge < -0.3 is 0 Å². The molecule has 0 atom stereocenters. The van der Waals surface area contributed by atoms with Crippen LogP contribution < -0.4 is 5.43 Å². The molecule has 0 radical (unpaired) electrons. The summed E-state index contributed by atoms with van der Waals surface area (Å²) >= 11 is 0. The van der Waals surface area contributed by atoms with Crippen LogP contribution in [0.2, 0.25) is 0 Å². The zero-order valence-electron chi connectivity index (χ0n) is 14.3. The Morgan fingerprint density at radius 3 is 2.44 bits per heavy atom. The van der Waals surface area contributed by atoms with Gasteiger partial charge in [0, 0.05) is 12.6 Å². The van der Waals surface area contributed by atoms with Gasteiger partial charge in [-0.05, 0) is 13.0 Å². The molecule has 2 heterocycles. The molecule has 0 aliphatic carbocycles. The highest BCUT2D eigenvalue weighted by Crippen LogP contribution is 2.31. The van der Waals surface area contributed by atoms with E-state index in [2.05, 4.69) is 25.6 Å². The number of aryl methyl sites for hydroxylation is 2. The van der Waals surface area contributed by atoms with E-state index in [0.717, 1.165) is 17.0 Å². The second-order valence-corrected chi connectivity index (χ2v) is 5.61. The number of hydrogen-bond donors (Lipinski definition) is 1. The van der Waals surface area contributed by atoms with Crippen molar-refractivity contribution in [1.82, 2.24) is 19.7 Å². The number of anilines is 1.